The Morgan fingerprint density at radius 1 is 1.83 bits per heavy atom. The molecule has 6 nitrogen and oxygen atoms in total. The topological polar surface area (TPSA) is 80.0 Å². The molecule has 1 aromatic heterocycles. The maximum Gasteiger partial charge on any atom is 0.404 e. The van der Waals surface area contributed by atoms with Crippen molar-refractivity contribution in [1.82, 2.24) is 20.3 Å². The summed E-state index contributed by atoms with van der Waals surface area (Å²) >= 11 is 0. The van der Waals surface area contributed by atoms with E-state index in [0.29, 0.717) is 6.54 Å². The van der Waals surface area contributed by atoms with E-state index in [9.17, 15) is 4.79 Å². The van der Waals surface area contributed by atoms with E-state index in [0.717, 1.165) is 0 Å². The van der Waals surface area contributed by atoms with Gasteiger partial charge in [0.25, 0.3) is 0 Å². The van der Waals surface area contributed by atoms with E-state index in [2.05, 4.69) is 15.6 Å². The van der Waals surface area contributed by atoms with Crippen molar-refractivity contribution in [2.45, 2.75) is 19.5 Å². The molecule has 0 aliphatic heterocycles. The Bertz CT molecular complexity index is 246. The van der Waals surface area contributed by atoms with Gasteiger partial charge in [-0.1, -0.05) is 5.21 Å². The molecule has 1 amide bonds. The van der Waals surface area contributed by atoms with Gasteiger partial charge in [-0.05, 0) is 6.92 Å². The standard InChI is InChI=1S/C6H10N4O2/c1-5(8-6(11)12)4-10-3-2-7-9-10/h2-3,5,8H,4H2,1H3,(H,11,12)/t5-/m0/s1. The van der Waals surface area contributed by atoms with E-state index in [1.807, 2.05) is 0 Å². The molecule has 1 heterocycles. The number of nitrogens with zero attached hydrogens (tertiary/aromatic N) is 3. The molecule has 0 saturated carbocycles. The van der Waals surface area contributed by atoms with Gasteiger partial charge in [0.2, 0.25) is 0 Å². The van der Waals surface area contributed by atoms with Gasteiger partial charge in [-0.15, -0.1) is 5.10 Å². The van der Waals surface area contributed by atoms with Crippen molar-refractivity contribution >= 4 is 6.09 Å². The largest absolute Gasteiger partial charge is 0.465 e. The predicted octanol–water partition coefficient (Wildman–Crippen LogP) is -0.0658. The third kappa shape index (κ3) is 2.57. The van der Waals surface area contributed by atoms with Crippen LogP contribution in [0.1, 0.15) is 6.92 Å². The van der Waals surface area contributed by atoms with Crippen molar-refractivity contribution in [3.05, 3.63) is 12.4 Å². The van der Waals surface area contributed by atoms with E-state index in [1.54, 1.807) is 24.0 Å². The van der Waals surface area contributed by atoms with E-state index >= 15 is 0 Å². The van der Waals surface area contributed by atoms with E-state index in [4.69, 9.17) is 5.11 Å². The van der Waals surface area contributed by atoms with Crippen LogP contribution in [0.25, 0.3) is 0 Å². The smallest absolute Gasteiger partial charge is 0.404 e. The summed E-state index contributed by atoms with van der Waals surface area (Å²) in [6, 6.07) is -0.163. The van der Waals surface area contributed by atoms with Crippen molar-refractivity contribution in [2.75, 3.05) is 0 Å². The highest BCUT2D eigenvalue weighted by molar-refractivity contribution is 5.64. The molecule has 0 saturated heterocycles. The molecule has 0 unspecified atom stereocenters. The van der Waals surface area contributed by atoms with Crippen LogP contribution in [0.2, 0.25) is 0 Å². The highest BCUT2D eigenvalue weighted by Crippen LogP contribution is 1.87. The van der Waals surface area contributed by atoms with Gasteiger partial charge in [0.05, 0.1) is 12.7 Å². The van der Waals surface area contributed by atoms with Gasteiger partial charge < -0.3 is 10.4 Å². The highest BCUT2D eigenvalue weighted by Gasteiger charge is 2.05. The van der Waals surface area contributed by atoms with Gasteiger partial charge in [0.1, 0.15) is 0 Å². The quantitative estimate of drug-likeness (QED) is 0.665. The lowest BCUT2D eigenvalue weighted by Crippen LogP contribution is -2.34. The van der Waals surface area contributed by atoms with E-state index < -0.39 is 6.09 Å². The zero-order valence-electron chi connectivity index (χ0n) is 6.64. The number of aromatic nitrogens is 3. The minimum Gasteiger partial charge on any atom is -0.465 e. The Labute approximate surface area is 69.2 Å². The van der Waals surface area contributed by atoms with Crippen LogP contribution < -0.4 is 5.32 Å². The third-order valence-electron chi connectivity index (χ3n) is 1.30. The first-order valence-corrected chi connectivity index (χ1v) is 3.52. The summed E-state index contributed by atoms with van der Waals surface area (Å²) in [6.07, 6.45) is 2.20. The molecule has 0 aliphatic carbocycles. The molecule has 1 rings (SSSR count). The Hall–Kier alpha value is -1.59. The number of rotatable bonds is 3. The van der Waals surface area contributed by atoms with Gasteiger partial charge in [-0.2, -0.15) is 0 Å². The fourth-order valence-electron chi connectivity index (χ4n) is 0.867. The van der Waals surface area contributed by atoms with Crippen LogP contribution in [-0.2, 0) is 6.54 Å². The van der Waals surface area contributed by atoms with Crippen molar-refractivity contribution in [1.29, 1.82) is 0 Å². The van der Waals surface area contributed by atoms with Crippen LogP contribution in [0.15, 0.2) is 12.4 Å². The Kier molecular flexibility index (Phi) is 2.62. The Morgan fingerprint density at radius 3 is 3.08 bits per heavy atom. The second kappa shape index (κ2) is 3.70. The SMILES string of the molecule is C[C@@H](Cn1ccnn1)NC(=O)O. The average Bonchev–Trinajstić information content (AvgIpc) is 2.37. The zero-order valence-corrected chi connectivity index (χ0v) is 6.64. The van der Waals surface area contributed by atoms with Crippen LogP contribution in [0.5, 0.6) is 0 Å². The maximum atomic E-state index is 10.2. The lowest BCUT2D eigenvalue weighted by Gasteiger charge is -2.09. The van der Waals surface area contributed by atoms with Gasteiger partial charge in [-0.3, -0.25) is 4.68 Å². The van der Waals surface area contributed by atoms with Crippen LogP contribution in [0.3, 0.4) is 0 Å². The summed E-state index contributed by atoms with van der Waals surface area (Å²) in [6.45, 7) is 2.25. The third-order valence-corrected chi connectivity index (χ3v) is 1.30. The summed E-state index contributed by atoms with van der Waals surface area (Å²) in [5.74, 6) is 0. The molecule has 0 aliphatic rings. The number of carboxylic acid groups (broad SMARTS) is 1. The van der Waals surface area contributed by atoms with Gasteiger partial charge in [-0.25, -0.2) is 4.79 Å². The average molecular weight is 170 g/mol. The first kappa shape index (κ1) is 8.51. The molecule has 0 radical (unpaired) electrons. The van der Waals surface area contributed by atoms with Crippen LogP contribution in [-0.4, -0.2) is 32.2 Å². The van der Waals surface area contributed by atoms with Crippen molar-refractivity contribution in [2.24, 2.45) is 0 Å². The summed E-state index contributed by atoms with van der Waals surface area (Å²) < 4.78 is 1.57. The summed E-state index contributed by atoms with van der Waals surface area (Å²) in [5.41, 5.74) is 0. The molecule has 0 bridgehead atoms. The number of hydrogen-bond donors (Lipinski definition) is 2. The first-order chi connectivity index (χ1) is 5.68. The Morgan fingerprint density at radius 2 is 2.58 bits per heavy atom. The lowest BCUT2D eigenvalue weighted by molar-refractivity contribution is 0.189. The Balaban J connectivity index is 2.36. The fourth-order valence-corrected chi connectivity index (χ4v) is 0.867. The molecule has 12 heavy (non-hydrogen) atoms. The van der Waals surface area contributed by atoms with Crippen molar-refractivity contribution < 1.29 is 9.90 Å². The maximum absolute atomic E-state index is 10.2. The van der Waals surface area contributed by atoms with Crippen LogP contribution >= 0.6 is 0 Å². The number of amides is 1. The minimum absolute atomic E-state index is 0.163. The molecule has 1 aromatic rings. The first-order valence-electron chi connectivity index (χ1n) is 3.52. The van der Waals surface area contributed by atoms with Gasteiger partial charge >= 0.3 is 6.09 Å². The number of nitrogens with one attached hydrogen (secondary N) is 1. The summed E-state index contributed by atoms with van der Waals surface area (Å²) in [4.78, 5) is 10.2. The zero-order chi connectivity index (χ0) is 8.97. The van der Waals surface area contributed by atoms with Crippen LogP contribution in [0.4, 0.5) is 4.79 Å². The lowest BCUT2D eigenvalue weighted by atomic mass is 10.3. The molecule has 6 heteroatoms. The molecular formula is C6H10N4O2. The molecule has 2 N–H and O–H groups in total. The van der Waals surface area contributed by atoms with Gasteiger partial charge in [0.15, 0.2) is 0 Å². The van der Waals surface area contributed by atoms with Crippen molar-refractivity contribution in [3.63, 3.8) is 0 Å². The van der Waals surface area contributed by atoms with E-state index in [1.165, 1.54) is 0 Å². The number of carbonyl (C=O) groups is 1. The van der Waals surface area contributed by atoms with E-state index in [-0.39, 0.29) is 6.04 Å². The summed E-state index contributed by atoms with van der Waals surface area (Å²) in [5, 5.41) is 18.0. The normalized spacial score (nSPS) is 12.4. The van der Waals surface area contributed by atoms with Gasteiger partial charge in [0, 0.05) is 12.2 Å². The number of hydrogen-bond acceptors (Lipinski definition) is 3. The molecule has 1 atom stereocenters. The monoisotopic (exact) mass is 170 g/mol. The second-order valence-corrected chi connectivity index (χ2v) is 2.48. The fraction of sp³-hybridized carbons (Fsp3) is 0.500. The molecule has 0 fully saturated rings. The molecule has 66 valence electrons. The minimum atomic E-state index is -1.03. The highest BCUT2D eigenvalue weighted by atomic mass is 16.4. The second-order valence-electron chi connectivity index (χ2n) is 2.48. The molecule has 0 aromatic carbocycles. The predicted molar refractivity (Wildman–Crippen MR) is 40.6 cm³/mol. The summed E-state index contributed by atoms with van der Waals surface area (Å²) in [7, 11) is 0. The van der Waals surface area contributed by atoms with Crippen LogP contribution in [0, 0.1) is 0 Å². The van der Waals surface area contributed by atoms with Crippen molar-refractivity contribution in [3.8, 4) is 0 Å². The molecular weight excluding hydrogens is 160 g/mol. The molecule has 0 spiro atoms.